The number of aromatic nitrogens is 4. The smallest absolute Gasteiger partial charge is 0.253 e. The lowest BCUT2D eigenvalue weighted by Crippen LogP contribution is -1.93. The Bertz CT molecular complexity index is 1040. The van der Waals surface area contributed by atoms with Crippen molar-refractivity contribution in [3.63, 3.8) is 0 Å². The van der Waals surface area contributed by atoms with Crippen molar-refractivity contribution in [1.29, 1.82) is 5.26 Å². The van der Waals surface area contributed by atoms with Gasteiger partial charge in [-0.25, -0.2) is 9.50 Å². The normalized spacial score (nSPS) is 10.9. The van der Waals surface area contributed by atoms with E-state index in [1.165, 1.54) is 0 Å². The number of H-pyrrole nitrogens is 1. The van der Waals surface area contributed by atoms with E-state index in [4.69, 9.17) is 16.9 Å². The Morgan fingerprint density at radius 1 is 1.18 bits per heavy atom. The first kappa shape index (κ1) is 12.7. The number of nitrogens with one attached hydrogen (secondary N) is 2. The highest BCUT2D eigenvalue weighted by atomic mass is 35.5. The number of hydrogen-bond donors (Lipinski definition) is 2. The maximum atomic E-state index is 8.92. The molecule has 0 saturated heterocycles. The van der Waals surface area contributed by atoms with Crippen LogP contribution in [0.3, 0.4) is 0 Å². The molecule has 0 bridgehead atoms. The maximum Gasteiger partial charge on any atom is 0.253 e. The van der Waals surface area contributed by atoms with E-state index >= 15 is 0 Å². The molecule has 0 atom stereocenters. The second-order valence-corrected chi connectivity index (χ2v) is 5.21. The van der Waals surface area contributed by atoms with Crippen LogP contribution in [-0.2, 0) is 0 Å². The number of hydrogen-bond acceptors (Lipinski definition) is 4. The summed E-state index contributed by atoms with van der Waals surface area (Å²) in [5.74, 6) is 1.10. The van der Waals surface area contributed by atoms with Crippen molar-refractivity contribution in [1.82, 2.24) is 19.6 Å². The number of nitrogens with zero attached hydrogens (tertiary/aromatic N) is 4. The lowest BCUT2D eigenvalue weighted by atomic mass is 10.2. The van der Waals surface area contributed by atoms with Gasteiger partial charge in [0, 0.05) is 10.7 Å². The molecule has 2 aromatic carbocycles. The maximum absolute atomic E-state index is 8.92. The number of nitriles is 1. The van der Waals surface area contributed by atoms with Gasteiger partial charge in [-0.2, -0.15) is 10.2 Å². The number of fused-ring (bicyclic) bond motifs is 3. The topological polar surface area (TPSA) is 81.8 Å². The molecule has 0 saturated carbocycles. The third-order valence-electron chi connectivity index (χ3n) is 3.28. The molecule has 0 fully saturated rings. The SMILES string of the molecule is N#Cc1ccc2c(c1)nc1nc(Nc3cccc(Cl)c3)[nH]n12. The molecule has 4 rings (SSSR count). The Morgan fingerprint density at radius 3 is 2.91 bits per heavy atom. The van der Waals surface area contributed by atoms with Crippen LogP contribution in [0.15, 0.2) is 42.5 Å². The summed E-state index contributed by atoms with van der Waals surface area (Å²) in [6.45, 7) is 0. The van der Waals surface area contributed by atoms with Gasteiger partial charge in [-0.3, -0.25) is 5.10 Å². The zero-order chi connectivity index (χ0) is 15.1. The van der Waals surface area contributed by atoms with Crippen LogP contribution in [0.2, 0.25) is 5.02 Å². The molecule has 2 heterocycles. The first-order valence-corrected chi connectivity index (χ1v) is 6.92. The van der Waals surface area contributed by atoms with Crippen LogP contribution < -0.4 is 5.32 Å². The number of rotatable bonds is 2. The van der Waals surface area contributed by atoms with Gasteiger partial charge in [0.15, 0.2) is 0 Å². The Labute approximate surface area is 130 Å². The number of benzene rings is 2. The minimum Gasteiger partial charge on any atom is -0.324 e. The molecule has 2 aromatic heterocycles. The summed E-state index contributed by atoms with van der Waals surface area (Å²) < 4.78 is 1.77. The molecule has 0 aliphatic carbocycles. The second kappa shape index (κ2) is 4.76. The Morgan fingerprint density at radius 2 is 2.09 bits per heavy atom. The van der Waals surface area contributed by atoms with Crippen molar-refractivity contribution in [2.45, 2.75) is 0 Å². The largest absolute Gasteiger partial charge is 0.324 e. The third kappa shape index (κ3) is 2.05. The van der Waals surface area contributed by atoms with Crippen molar-refractivity contribution in [3.05, 3.63) is 53.1 Å². The van der Waals surface area contributed by atoms with E-state index in [9.17, 15) is 0 Å². The summed E-state index contributed by atoms with van der Waals surface area (Å²) in [5, 5.41) is 15.8. The second-order valence-electron chi connectivity index (χ2n) is 4.77. The van der Waals surface area contributed by atoms with Crippen LogP contribution in [0.25, 0.3) is 16.8 Å². The molecule has 2 N–H and O–H groups in total. The number of imidazole rings is 1. The van der Waals surface area contributed by atoms with Crippen LogP contribution in [0.4, 0.5) is 11.6 Å². The Kier molecular flexibility index (Phi) is 2.74. The number of anilines is 2. The first-order chi connectivity index (χ1) is 10.7. The lowest BCUT2D eigenvalue weighted by molar-refractivity contribution is 1.01. The van der Waals surface area contributed by atoms with Gasteiger partial charge in [0.25, 0.3) is 5.78 Å². The van der Waals surface area contributed by atoms with E-state index in [1.54, 1.807) is 16.6 Å². The average molecular weight is 309 g/mol. The fraction of sp³-hybridized carbons (Fsp3) is 0. The highest BCUT2D eigenvalue weighted by Gasteiger charge is 2.10. The zero-order valence-electron chi connectivity index (χ0n) is 11.2. The van der Waals surface area contributed by atoms with Crippen molar-refractivity contribution in [2.75, 3.05) is 5.32 Å². The molecule has 4 aromatic rings. The summed E-state index contributed by atoms with van der Waals surface area (Å²) in [6, 6.07) is 14.8. The van der Waals surface area contributed by atoms with Crippen LogP contribution in [0.1, 0.15) is 5.56 Å². The van der Waals surface area contributed by atoms with Crippen LogP contribution in [0.5, 0.6) is 0 Å². The summed E-state index contributed by atoms with van der Waals surface area (Å²) >= 11 is 5.96. The molecule has 106 valence electrons. The van der Waals surface area contributed by atoms with Crippen molar-refractivity contribution >= 4 is 40.0 Å². The van der Waals surface area contributed by atoms with E-state index in [0.717, 1.165) is 16.7 Å². The predicted molar refractivity (Wildman–Crippen MR) is 84.3 cm³/mol. The molecule has 0 aliphatic heterocycles. The monoisotopic (exact) mass is 308 g/mol. The van der Waals surface area contributed by atoms with Gasteiger partial charge in [-0.05, 0) is 36.4 Å². The minimum absolute atomic E-state index is 0.537. The molecule has 7 heteroatoms. The number of halogens is 1. The molecule has 22 heavy (non-hydrogen) atoms. The van der Waals surface area contributed by atoms with Gasteiger partial charge < -0.3 is 5.32 Å². The van der Waals surface area contributed by atoms with Crippen LogP contribution >= 0.6 is 11.6 Å². The highest BCUT2D eigenvalue weighted by Crippen LogP contribution is 2.21. The standard InChI is InChI=1S/C15H9ClN6/c16-10-2-1-3-11(7-10)18-14-20-15-19-12-6-9(8-17)4-5-13(12)22(15)21-14/h1-7H,(H2,18,19,20,21). The summed E-state index contributed by atoms with van der Waals surface area (Å²) in [6.07, 6.45) is 0. The molecule has 0 amide bonds. The van der Waals surface area contributed by atoms with E-state index < -0.39 is 0 Å². The van der Waals surface area contributed by atoms with Gasteiger partial charge in [-0.1, -0.05) is 17.7 Å². The number of aromatic amines is 1. The molecular formula is C15H9ClN6. The molecule has 0 radical (unpaired) electrons. The molecule has 0 unspecified atom stereocenters. The van der Waals surface area contributed by atoms with E-state index in [2.05, 4.69) is 26.5 Å². The Balaban J connectivity index is 1.76. The van der Waals surface area contributed by atoms with Crippen LogP contribution in [-0.4, -0.2) is 19.6 Å². The molecule has 0 aliphatic rings. The van der Waals surface area contributed by atoms with Crippen molar-refractivity contribution in [3.8, 4) is 6.07 Å². The van der Waals surface area contributed by atoms with E-state index in [-0.39, 0.29) is 0 Å². The van der Waals surface area contributed by atoms with Crippen LogP contribution in [0, 0.1) is 11.3 Å². The van der Waals surface area contributed by atoms with Gasteiger partial charge >= 0.3 is 0 Å². The quantitative estimate of drug-likeness (QED) is 0.594. The van der Waals surface area contributed by atoms with E-state index in [1.807, 2.05) is 30.3 Å². The lowest BCUT2D eigenvalue weighted by Gasteiger charge is -2.02. The predicted octanol–water partition coefficient (Wildman–Crippen LogP) is 3.48. The van der Waals surface area contributed by atoms with Gasteiger partial charge in [0.1, 0.15) is 0 Å². The molecule has 0 spiro atoms. The molecule has 6 nitrogen and oxygen atoms in total. The van der Waals surface area contributed by atoms with Crippen molar-refractivity contribution in [2.24, 2.45) is 0 Å². The third-order valence-corrected chi connectivity index (χ3v) is 3.52. The summed E-state index contributed by atoms with van der Waals surface area (Å²) in [5.41, 5.74) is 3.00. The fourth-order valence-electron chi connectivity index (χ4n) is 2.31. The summed E-state index contributed by atoms with van der Waals surface area (Å²) in [7, 11) is 0. The van der Waals surface area contributed by atoms with Crippen molar-refractivity contribution < 1.29 is 0 Å². The van der Waals surface area contributed by atoms with Gasteiger partial charge in [-0.15, -0.1) is 0 Å². The first-order valence-electron chi connectivity index (χ1n) is 6.54. The molecular weight excluding hydrogens is 300 g/mol. The minimum atomic E-state index is 0.537. The highest BCUT2D eigenvalue weighted by molar-refractivity contribution is 6.30. The summed E-state index contributed by atoms with van der Waals surface area (Å²) in [4.78, 5) is 8.80. The van der Waals surface area contributed by atoms with Gasteiger partial charge in [0.2, 0.25) is 5.95 Å². The fourth-order valence-corrected chi connectivity index (χ4v) is 2.50. The Hall–Kier alpha value is -3.04. The zero-order valence-corrected chi connectivity index (χ0v) is 12.0. The van der Waals surface area contributed by atoms with Gasteiger partial charge in [0.05, 0.1) is 22.7 Å². The average Bonchev–Trinajstić information content (AvgIpc) is 3.03. The van der Waals surface area contributed by atoms with E-state index in [0.29, 0.717) is 22.3 Å².